The van der Waals surface area contributed by atoms with E-state index in [1.54, 1.807) is 6.26 Å². The minimum atomic E-state index is -0.338. The maximum Gasteiger partial charge on any atom is 0.314 e. The van der Waals surface area contributed by atoms with Gasteiger partial charge in [0.05, 0.1) is 18.9 Å². The monoisotopic (exact) mass is 377 g/mol. The van der Waals surface area contributed by atoms with Crippen LogP contribution in [0.4, 0.5) is 9.18 Å². The van der Waals surface area contributed by atoms with Crippen LogP contribution in [0.1, 0.15) is 22.9 Å². The van der Waals surface area contributed by atoms with Gasteiger partial charge in [0.15, 0.2) is 6.79 Å². The van der Waals surface area contributed by atoms with Crippen LogP contribution in [0.5, 0.6) is 5.75 Å². The Morgan fingerprint density at radius 2 is 2.19 bits per heavy atom. The highest BCUT2D eigenvalue weighted by Gasteiger charge is 2.19. The summed E-state index contributed by atoms with van der Waals surface area (Å²) in [5.41, 5.74) is 1.41. The SMILES string of the molecule is CN(C)C(CNC(=O)NCCc1cc(F)cc2c1OCOC2)c1ccco1. The molecule has 0 saturated heterocycles. The van der Waals surface area contributed by atoms with Crippen molar-refractivity contribution in [2.24, 2.45) is 0 Å². The Balaban J connectivity index is 1.49. The number of benzene rings is 1. The van der Waals surface area contributed by atoms with Gasteiger partial charge in [0.25, 0.3) is 0 Å². The second-order valence-corrected chi connectivity index (χ2v) is 6.55. The van der Waals surface area contributed by atoms with E-state index < -0.39 is 0 Å². The van der Waals surface area contributed by atoms with Crippen molar-refractivity contribution in [3.05, 3.63) is 53.2 Å². The summed E-state index contributed by atoms with van der Waals surface area (Å²) in [5, 5.41) is 5.62. The van der Waals surface area contributed by atoms with Crippen LogP contribution in [0, 0.1) is 5.82 Å². The van der Waals surface area contributed by atoms with Crippen molar-refractivity contribution in [1.82, 2.24) is 15.5 Å². The van der Waals surface area contributed by atoms with Gasteiger partial charge >= 0.3 is 6.03 Å². The van der Waals surface area contributed by atoms with Crippen molar-refractivity contribution in [2.75, 3.05) is 34.0 Å². The number of urea groups is 1. The van der Waals surface area contributed by atoms with Crippen molar-refractivity contribution in [2.45, 2.75) is 19.1 Å². The quantitative estimate of drug-likeness (QED) is 0.775. The highest BCUT2D eigenvalue weighted by Crippen LogP contribution is 2.29. The molecule has 7 nitrogen and oxygen atoms in total. The minimum absolute atomic E-state index is 0.0608. The Hall–Kier alpha value is -2.58. The molecular weight excluding hydrogens is 353 g/mol. The lowest BCUT2D eigenvalue weighted by molar-refractivity contribution is -0.0172. The number of nitrogens with zero attached hydrogens (tertiary/aromatic N) is 1. The Morgan fingerprint density at radius 3 is 2.93 bits per heavy atom. The number of carbonyl (C=O) groups is 1. The van der Waals surface area contributed by atoms with E-state index in [4.69, 9.17) is 13.9 Å². The van der Waals surface area contributed by atoms with Gasteiger partial charge in [-0.1, -0.05) is 0 Å². The number of furan rings is 1. The molecular formula is C19H24FN3O4. The molecule has 0 aliphatic carbocycles. The Kier molecular flexibility index (Phi) is 6.31. The van der Waals surface area contributed by atoms with Gasteiger partial charge in [0.1, 0.15) is 17.3 Å². The number of halogens is 1. The summed E-state index contributed by atoms with van der Waals surface area (Å²) in [7, 11) is 3.84. The average Bonchev–Trinajstić information content (AvgIpc) is 3.15. The van der Waals surface area contributed by atoms with E-state index in [0.717, 1.165) is 11.3 Å². The summed E-state index contributed by atoms with van der Waals surface area (Å²) >= 11 is 0. The van der Waals surface area contributed by atoms with E-state index in [1.807, 2.05) is 31.1 Å². The number of rotatable bonds is 7. The van der Waals surface area contributed by atoms with Crippen molar-refractivity contribution < 1.29 is 23.1 Å². The summed E-state index contributed by atoms with van der Waals surface area (Å²) < 4.78 is 29.8. The molecule has 146 valence electrons. The van der Waals surface area contributed by atoms with E-state index in [9.17, 15) is 9.18 Å². The Labute approximate surface area is 157 Å². The molecule has 0 spiro atoms. The maximum absolute atomic E-state index is 13.7. The Bertz CT molecular complexity index is 765. The number of ether oxygens (including phenoxy) is 2. The van der Waals surface area contributed by atoms with Crippen LogP contribution in [-0.4, -0.2) is 44.9 Å². The van der Waals surface area contributed by atoms with Crippen molar-refractivity contribution in [3.8, 4) is 5.75 Å². The third-order valence-corrected chi connectivity index (χ3v) is 4.38. The number of nitrogens with one attached hydrogen (secondary N) is 2. The van der Waals surface area contributed by atoms with Gasteiger partial charge in [0.2, 0.25) is 0 Å². The highest BCUT2D eigenvalue weighted by molar-refractivity contribution is 5.73. The minimum Gasteiger partial charge on any atom is -0.468 e. The first-order valence-electron chi connectivity index (χ1n) is 8.78. The van der Waals surface area contributed by atoms with E-state index in [2.05, 4.69) is 10.6 Å². The topological polar surface area (TPSA) is 76.0 Å². The standard InChI is InChI=1S/C19H24FN3O4/c1-23(2)16(17-4-3-7-26-17)10-22-19(24)21-6-5-13-8-15(20)9-14-11-25-12-27-18(13)14/h3-4,7-9,16H,5-6,10-12H2,1-2H3,(H2,21,22,24). The lowest BCUT2D eigenvalue weighted by Gasteiger charge is -2.23. The molecule has 2 amide bonds. The Morgan fingerprint density at radius 1 is 1.33 bits per heavy atom. The second kappa shape index (κ2) is 8.88. The van der Waals surface area contributed by atoms with Crippen LogP contribution in [-0.2, 0) is 17.8 Å². The molecule has 3 rings (SSSR count). The molecule has 2 aromatic rings. The number of hydrogen-bond donors (Lipinski definition) is 2. The molecule has 2 N–H and O–H groups in total. The molecule has 1 unspecified atom stereocenters. The van der Waals surface area contributed by atoms with Crippen molar-refractivity contribution in [3.63, 3.8) is 0 Å². The van der Waals surface area contributed by atoms with E-state index >= 15 is 0 Å². The lowest BCUT2D eigenvalue weighted by atomic mass is 10.1. The van der Waals surface area contributed by atoms with Crippen LogP contribution >= 0.6 is 0 Å². The molecule has 1 atom stereocenters. The average molecular weight is 377 g/mol. The number of fused-ring (bicyclic) bond motifs is 1. The summed E-state index contributed by atoms with van der Waals surface area (Å²) in [6, 6.07) is 6.19. The third-order valence-electron chi connectivity index (χ3n) is 4.38. The normalized spacial score (nSPS) is 14.4. The van der Waals surface area contributed by atoms with Gasteiger partial charge in [-0.3, -0.25) is 4.90 Å². The highest BCUT2D eigenvalue weighted by atomic mass is 19.1. The molecule has 0 fully saturated rings. The van der Waals surface area contributed by atoms with Gasteiger partial charge in [-0.2, -0.15) is 0 Å². The molecule has 0 radical (unpaired) electrons. The molecule has 27 heavy (non-hydrogen) atoms. The zero-order chi connectivity index (χ0) is 19.2. The van der Waals surface area contributed by atoms with Gasteiger partial charge in [0, 0.05) is 18.7 Å². The molecule has 8 heteroatoms. The van der Waals surface area contributed by atoms with Crippen molar-refractivity contribution >= 4 is 6.03 Å². The second-order valence-electron chi connectivity index (χ2n) is 6.55. The molecule has 0 saturated carbocycles. The fourth-order valence-corrected chi connectivity index (χ4v) is 3.02. The van der Waals surface area contributed by atoms with Crippen LogP contribution < -0.4 is 15.4 Å². The lowest BCUT2D eigenvalue weighted by Crippen LogP contribution is -2.41. The van der Waals surface area contributed by atoms with Gasteiger partial charge in [-0.05, 0) is 50.3 Å². The summed E-state index contributed by atoms with van der Waals surface area (Å²) in [6.07, 6.45) is 2.07. The summed E-state index contributed by atoms with van der Waals surface area (Å²) in [6.45, 7) is 1.24. The number of likely N-dealkylation sites (N-methyl/N-ethyl adjacent to an activating group) is 1. The largest absolute Gasteiger partial charge is 0.468 e. The van der Waals surface area contributed by atoms with Crippen LogP contribution in [0.2, 0.25) is 0 Å². The number of carbonyl (C=O) groups excluding carboxylic acids is 1. The molecule has 2 heterocycles. The van der Waals surface area contributed by atoms with Gasteiger partial charge < -0.3 is 24.5 Å². The zero-order valence-corrected chi connectivity index (χ0v) is 15.5. The first-order chi connectivity index (χ1) is 13.0. The molecule has 0 bridgehead atoms. The first-order valence-corrected chi connectivity index (χ1v) is 8.78. The third kappa shape index (κ3) is 4.99. The van der Waals surface area contributed by atoms with Gasteiger partial charge in [-0.25, -0.2) is 9.18 Å². The number of hydrogen-bond acceptors (Lipinski definition) is 5. The van der Waals surface area contributed by atoms with Crippen LogP contribution in [0.15, 0.2) is 34.9 Å². The fourth-order valence-electron chi connectivity index (χ4n) is 3.02. The zero-order valence-electron chi connectivity index (χ0n) is 15.5. The molecule has 1 aromatic carbocycles. The van der Waals surface area contributed by atoms with Crippen LogP contribution in [0.3, 0.4) is 0 Å². The fraction of sp³-hybridized carbons (Fsp3) is 0.421. The smallest absolute Gasteiger partial charge is 0.314 e. The predicted octanol–water partition coefficient (Wildman–Crippen LogP) is 2.43. The predicted molar refractivity (Wildman–Crippen MR) is 96.9 cm³/mol. The first kappa shape index (κ1) is 19.2. The molecule has 1 aliphatic rings. The van der Waals surface area contributed by atoms with E-state index in [-0.39, 0.29) is 24.7 Å². The molecule has 1 aromatic heterocycles. The number of amides is 2. The van der Waals surface area contributed by atoms with Crippen molar-refractivity contribution in [1.29, 1.82) is 0 Å². The summed E-state index contributed by atoms with van der Waals surface area (Å²) in [4.78, 5) is 14.1. The van der Waals surface area contributed by atoms with E-state index in [1.165, 1.54) is 12.1 Å². The van der Waals surface area contributed by atoms with E-state index in [0.29, 0.717) is 37.4 Å². The van der Waals surface area contributed by atoms with Crippen LogP contribution in [0.25, 0.3) is 0 Å². The summed E-state index contributed by atoms with van der Waals surface area (Å²) in [5.74, 6) is 1.09. The van der Waals surface area contributed by atoms with Gasteiger partial charge in [-0.15, -0.1) is 0 Å². The maximum atomic E-state index is 13.7. The molecule has 1 aliphatic heterocycles.